The first kappa shape index (κ1) is 17.0. The number of thioether (sulfide) groups is 1. The van der Waals surface area contributed by atoms with E-state index in [4.69, 9.17) is 9.26 Å². The molecular formula is C17H16N4O3S2. The van der Waals surface area contributed by atoms with E-state index in [0.717, 1.165) is 33.4 Å². The van der Waals surface area contributed by atoms with Crippen LogP contribution in [-0.2, 0) is 6.42 Å². The van der Waals surface area contributed by atoms with Gasteiger partial charge in [-0.05, 0) is 36.4 Å². The molecule has 0 aliphatic carbocycles. The van der Waals surface area contributed by atoms with Crippen molar-refractivity contribution in [3.63, 3.8) is 0 Å². The number of benzene rings is 1. The number of amides is 1. The molecule has 1 aliphatic heterocycles. The minimum Gasteiger partial charge on any atom is -0.490 e. The van der Waals surface area contributed by atoms with Gasteiger partial charge in [0.15, 0.2) is 15.8 Å². The Bertz CT molecular complexity index is 953. The highest BCUT2D eigenvalue weighted by Crippen LogP contribution is 2.33. The van der Waals surface area contributed by atoms with E-state index in [9.17, 15) is 4.79 Å². The quantitative estimate of drug-likeness (QED) is 0.524. The van der Waals surface area contributed by atoms with Crippen molar-refractivity contribution in [3.8, 4) is 17.1 Å². The third-order valence-electron chi connectivity index (χ3n) is 3.82. The molecule has 3 heterocycles. The Balaban J connectivity index is 1.49. The van der Waals surface area contributed by atoms with Crippen molar-refractivity contribution < 1.29 is 14.1 Å². The van der Waals surface area contributed by atoms with Crippen molar-refractivity contribution in [3.05, 3.63) is 35.5 Å². The fraction of sp³-hybridized carbons (Fsp3) is 0.294. The van der Waals surface area contributed by atoms with E-state index in [0.29, 0.717) is 10.9 Å². The maximum Gasteiger partial charge on any atom is 0.279 e. The molecule has 2 aromatic heterocycles. The molecule has 4 rings (SSSR count). The first-order valence-corrected chi connectivity index (χ1v) is 9.97. The molecule has 0 saturated heterocycles. The van der Waals surface area contributed by atoms with Crippen molar-refractivity contribution in [2.45, 2.75) is 30.7 Å². The molecule has 1 aliphatic rings. The topological polar surface area (TPSA) is 90.1 Å². The molecule has 1 N–H and O–H groups in total. The maximum atomic E-state index is 12.3. The minimum atomic E-state index is -0.373. The summed E-state index contributed by atoms with van der Waals surface area (Å²) < 4.78 is 11.9. The van der Waals surface area contributed by atoms with E-state index >= 15 is 0 Å². The highest BCUT2D eigenvalue weighted by molar-refractivity contribution is 8.01. The Hall–Kier alpha value is -2.39. The van der Waals surface area contributed by atoms with Crippen LogP contribution in [0.15, 0.2) is 33.1 Å². The van der Waals surface area contributed by atoms with Gasteiger partial charge in [-0.25, -0.2) is 0 Å². The van der Waals surface area contributed by atoms with Crippen molar-refractivity contribution in [1.82, 2.24) is 15.4 Å². The lowest BCUT2D eigenvalue weighted by Crippen LogP contribution is -2.11. The number of carbonyl (C=O) groups excluding carboxylic acids is 1. The van der Waals surface area contributed by atoms with Crippen LogP contribution in [0, 0.1) is 0 Å². The van der Waals surface area contributed by atoms with Crippen LogP contribution < -0.4 is 10.1 Å². The zero-order valence-corrected chi connectivity index (χ0v) is 15.8. The summed E-state index contributed by atoms with van der Waals surface area (Å²) in [6.45, 7) is 4.07. The van der Waals surface area contributed by atoms with Crippen molar-refractivity contribution >= 4 is 34.1 Å². The van der Waals surface area contributed by atoms with Gasteiger partial charge in [-0.3, -0.25) is 10.1 Å². The first-order chi connectivity index (χ1) is 12.6. The number of carbonyl (C=O) groups is 1. The summed E-state index contributed by atoms with van der Waals surface area (Å²) in [5.74, 6) is 1.97. The van der Waals surface area contributed by atoms with Crippen molar-refractivity contribution in [2.24, 2.45) is 0 Å². The molecule has 7 nitrogen and oxygen atoms in total. The van der Waals surface area contributed by atoms with Crippen molar-refractivity contribution in [2.75, 3.05) is 11.1 Å². The highest BCUT2D eigenvalue weighted by atomic mass is 32.2. The van der Waals surface area contributed by atoms with Crippen LogP contribution in [0.2, 0.25) is 0 Å². The number of anilines is 1. The molecule has 0 fully saturated rings. The van der Waals surface area contributed by atoms with Crippen LogP contribution in [0.5, 0.6) is 5.75 Å². The molecule has 1 atom stereocenters. The fourth-order valence-electron chi connectivity index (χ4n) is 2.70. The smallest absolute Gasteiger partial charge is 0.279 e. The van der Waals surface area contributed by atoms with Gasteiger partial charge < -0.3 is 9.26 Å². The second-order valence-corrected chi connectivity index (χ2v) is 8.28. The molecule has 0 spiro atoms. The number of fused-ring (bicyclic) bond motifs is 1. The normalized spacial score (nSPS) is 15.5. The molecule has 0 bridgehead atoms. The van der Waals surface area contributed by atoms with E-state index in [-0.39, 0.29) is 17.7 Å². The monoisotopic (exact) mass is 388 g/mol. The van der Waals surface area contributed by atoms with Gasteiger partial charge in [0.2, 0.25) is 5.13 Å². The Morgan fingerprint density at radius 1 is 1.38 bits per heavy atom. The third-order valence-corrected chi connectivity index (χ3v) is 5.67. The third kappa shape index (κ3) is 3.45. The lowest BCUT2D eigenvalue weighted by Gasteiger charge is -2.02. The average Bonchev–Trinajstić information content (AvgIpc) is 3.33. The van der Waals surface area contributed by atoms with Crippen LogP contribution in [0.3, 0.4) is 0 Å². The van der Waals surface area contributed by atoms with Crippen LogP contribution in [0.25, 0.3) is 11.3 Å². The van der Waals surface area contributed by atoms with Crippen LogP contribution in [-0.4, -0.2) is 33.1 Å². The van der Waals surface area contributed by atoms with Gasteiger partial charge in [-0.1, -0.05) is 35.2 Å². The molecule has 1 aromatic carbocycles. The predicted molar refractivity (Wildman–Crippen MR) is 100.0 cm³/mol. The average molecular weight is 388 g/mol. The number of nitrogens with zero attached hydrogens (tertiary/aromatic N) is 3. The molecular weight excluding hydrogens is 372 g/mol. The van der Waals surface area contributed by atoms with Crippen LogP contribution in [0.1, 0.15) is 29.9 Å². The summed E-state index contributed by atoms with van der Waals surface area (Å²) in [7, 11) is 0. The van der Waals surface area contributed by atoms with Crippen LogP contribution in [0.4, 0.5) is 5.13 Å². The zero-order chi connectivity index (χ0) is 18.1. The van der Waals surface area contributed by atoms with Gasteiger partial charge in [-0.2, -0.15) is 0 Å². The zero-order valence-electron chi connectivity index (χ0n) is 14.2. The summed E-state index contributed by atoms with van der Waals surface area (Å²) in [6.07, 6.45) is 1.04. The lowest BCUT2D eigenvalue weighted by molar-refractivity contribution is 0.101. The molecule has 0 radical (unpaired) electrons. The number of ether oxygens (including phenoxy) is 1. The summed E-state index contributed by atoms with van der Waals surface area (Å²) in [5.41, 5.74) is 2.20. The Morgan fingerprint density at radius 2 is 2.27 bits per heavy atom. The molecule has 134 valence electrons. The lowest BCUT2D eigenvalue weighted by atomic mass is 10.1. The van der Waals surface area contributed by atoms with Gasteiger partial charge in [0.05, 0.1) is 0 Å². The number of nitrogens with one attached hydrogen (secondary N) is 1. The molecule has 1 amide bonds. The Labute approximate surface area is 158 Å². The predicted octanol–water partition coefficient (Wildman–Crippen LogP) is 3.88. The summed E-state index contributed by atoms with van der Waals surface area (Å²) in [5, 5.41) is 15.0. The summed E-state index contributed by atoms with van der Waals surface area (Å²) >= 11 is 2.91. The van der Waals surface area contributed by atoms with Gasteiger partial charge in [0, 0.05) is 18.1 Å². The molecule has 26 heavy (non-hydrogen) atoms. The summed E-state index contributed by atoms with van der Waals surface area (Å²) in [4.78, 5) is 12.3. The van der Waals surface area contributed by atoms with E-state index in [2.05, 4.69) is 20.7 Å². The number of hydrogen-bond donors (Lipinski definition) is 1. The summed E-state index contributed by atoms with van der Waals surface area (Å²) in [6, 6.07) is 7.46. The van der Waals surface area contributed by atoms with E-state index in [1.807, 2.05) is 32.0 Å². The Morgan fingerprint density at radius 3 is 3.12 bits per heavy atom. The highest BCUT2D eigenvalue weighted by Gasteiger charge is 2.21. The van der Waals surface area contributed by atoms with Gasteiger partial charge in [0.1, 0.15) is 11.9 Å². The van der Waals surface area contributed by atoms with E-state index < -0.39 is 0 Å². The molecule has 1 unspecified atom stereocenters. The first-order valence-electron chi connectivity index (χ1n) is 8.16. The Kier molecular flexibility index (Phi) is 4.64. The van der Waals surface area contributed by atoms with Crippen LogP contribution >= 0.6 is 23.1 Å². The van der Waals surface area contributed by atoms with Gasteiger partial charge >= 0.3 is 0 Å². The standard InChI is InChI=1S/C17H16N4O3S2/c1-3-25-17-20-19-16(26-17)18-15(22)12-8-14(24-21-12)10-4-5-13-11(7-10)6-9(2)23-13/h4-5,7-9H,3,6H2,1-2H3,(H,18,19,22). The molecule has 3 aromatic rings. The number of aromatic nitrogens is 3. The van der Waals surface area contributed by atoms with E-state index in [1.54, 1.807) is 17.8 Å². The molecule has 0 saturated carbocycles. The second-order valence-electron chi connectivity index (χ2n) is 5.79. The largest absolute Gasteiger partial charge is 0.490 e. The second kappa shape index (κ2) is 7.08. The SMILES string of the molecule is CCSc1nnc(NC(=O)c2cc(-c3ccc4c(c3)CC(C)O4)on2)s1. The maximum absolute atomic E-state index is 12.3. The minimum absolute atomic E-state index is 0.180. The number of rotatable bonds is 5. The van der Waals surface area contributed by atoms with E-state index in [1.165, 1.54) is 11.3 Å². The molecule has 9 heteroatoms. The van der Waals surface area contributed by atoms with Gasteiger partial charge in [-0.15, -0.1) is 10.2 Å². The number of hydrogen-bond acceptors (Lipinski definition) is 8. The van der Waals surface area contributed by atoms with Gasteiger partial charge in [0.25, 0.3) is 5.91 Å². The fourth-order valence-corrected chi connectivity index (χ4v) is 4.34. The van der Waals surface area contributed by atoms with Crippen molar-refractivity contribution in [1.29, 1.82) is 0 Å².